The Labute approximate surface area is 92.6 Å². The topological polar surface area (TPSA) is 49.5 Å². The smallest absolute Gasteiger partial charge is 0.0460 e. The van der Waals surface area contributed by atoms with Crippen molar-refractivity contribution in [3.05, 3.63) is 0 Å². The molecule has 88 valence electrons. The number of likely N-dealkylation sites (tertiary alicyclic amines) is 1. The summed E-state index contributed by atoms with van der Waals surface area (Å²) in [5, 5.41) is 9.10. The number of rotatable bonds is 2. The van der Waals surface area contributed by atoms with Gasteiger partial charge in [0.2, 0.25) is 0 Å². The number of nitrogens with zero attached hydrogens (tertiary/aromatic N) is 1. The van der Waals surface area contributed by atoms with E-state index in [1.807, 2.05) is 0 Å². The maximum atomic E-state index is 9.10. The van der Waals surface area contributed by atoms with Gasteiger partial charge in [0.25, 0.3) is 0 Å². The van der Waals surface area contributed by atoms with Crippen LogP contribution in [0, 0.1) is 5.92 Å². The normalized spacial score (nSPS) is 35.6. The van der Waals surface area contributed by atoms with Crippen molar-refractivity contribution in [2.75, 3.05) is 19.7 Å². The van der Waals surface area contributed by atoms with E-state index in [4.69, 9.17) is 10.8 Å². The fourth-order valence-electron chi connectivity index (χ4n) is 3.06. The minimum Gasteiger partial charge on any atom is -0.396 e. The molecular weight excluding hydrogens is 188 g/mol. The molecule has 0 aromatic heterocycles. The Hall–Kier alpha value is -0.120. The molecule has 1 aliphatic carbocycles. The Morgan fingerprint density at radius 1 is 1.07 bits per heavy atom. The second-order valence-electron chi connectivity index (χ2n) is 5.18. The van der Waals surface area contributed by atoms with Crippen molar-refractivity contribution in [3.8, 4) is 0 Å². The van der Waals surface area contributed by atoms with Gasteiger partial charge in [0.15, 0.2) is 0 Å². The monoisotopic (exact) mass is 212 g/mol. The molecule has 1 heterocycles. The van der Waals surface area contributed by atoms with Crippen molar-refractivity contribution >= 4 is 0 Å². The van der Waals surface area contributed by atoms with Crippen LogP contribution in [0.15, 0.2) is 0 Å². The molecule has 0 spiro atoms. The highest BCUT2D eigenvalue weighted by Gasteiger charge is 2.30. The summed E-state index contributed by atoms with van der Waals surface area (Å²) < 4.78 is 0. The largest absolute Gasteiger partial charge is 0.396 e. The molecular formula is C12H24N2O. The molecule has 3 N–H and O–H groups in total. The van der Waals surface area contributed by atoms with Crippen molar-refractivity contribution in [2.45, 2.75) is 50.6 Å². The highest BCUT2D eigenvalue weighted by molar-refractivity contribution is 4.88. The van der Waals surface area contributed by atoms with Gasteiger partial charge >= 0.3 is 0 Å². The highest BCUT2D eigenvalue weighted by atomic mass is 16.3. The third-order valence-electron chi connectivity index (χ3n) is 4.16. The summed E-state index contributed by atoms with van der Waals surface area (Å²) in [6.45, 7) is 2.65. The number of piperidine rings is 1. The van der Waals surface area contributed by atoms with Crippen LogP contribution in [0.3, 0.4) is 0 Å². The highest BCUT2D eigenvalue weighted by Crippen LogP contribution is 2.26. The third kappa shape index (κ3) is 2.71. The molecule has 3 nitrogen and oxygen atoms in total. The van der Waals surface area contributed by atoms with Crippen LogP contribution in [-0.4, -0.2) is 41.8 Å². The molecule has 2 unspecified atom stereocenters. The van der Waals surface area contributed by atoms with Gasteiger partial charge in [-0.05, 0) is 44.7 Å². The van der Waals surface area contributed by atoms with Crippen LogP contribution in [0.4, 0.5) is 0 Å². The van der Waals surface area contributed by atoms with Gasteiger partial charge in [-0.1, -0.05) is 12.8 Å². The number of aliphatic hydroxyl groups excluding tert-OH is 1. The van der Waals surface area contributed by atoms with E-state index in [9.17, 15) is 0 Å². The average molecular weight is 212 g/mol. The first-order valence-corrected chi connectivity index (χ1v) is 6.41. The summed E-state index contributed by atoms with van der Waals surface area (Å²) >= 11 is 0. The second kappa shape index (κ2) is 5.28. The molecule has 2 aliphatic rings. The lowest BCUT2D eigenvalue weighted by molar-refractivity contribution is 0.0745. The van der Waals surface area contributed by atoms with Crippen LogP contribution in [0.2, 0.25) is 0 Å². The van der Waals surface area contributed by atoms with E-state index in [1.165, 1.54) is 25.7 Å². The predicted octanol–water partition coefficient (Wildman–Crippen LogP) is 0.961. The summed E-state index contributed by atoms with van der Waals surface area (Å²) in [5.74, 6) is 0.543. The fourth-order valence-corrected chi connectivity index (χ4v) is 3.06. The molecule has 0 aromatic rings. The van der Waals surface area contributed by atoms with Crippen LogP contribution in [0.25, 0.3) is 0 Å². The van der Waals surface area contributed by atoms with Gasteiger partial charge in [0.05, 0.1) is 0 Å². The van der Waals surface area contributed by atoms with Crippen LogP contribution in [0.1, 0.15) is 38.5 Å². The Bertz CT molecular complexity index is 190. The lowest BCUT2D eigenvalue weighted by Gasteiger charge is -2.41. The summed E-state index contributed by atoms with van der Waals surface area (Å²) in [5.41, 5.74) is 6.19. The number of hydrogen-bond acceptors (Lipinski definition) is 3. The van der Waals surface area contributed by atoms with Gasteiger partial charge < -0.3 is 10.8 Å². The first-order valence-electron chi connectivity index (χ1n) is 6.41. The van der Waals surface area contributed by atoms with E-state index >= 15 is 0 Å². The van der Waals surface area contributed by atoms with Gasteiger partial charge in [-0.25, -0.2) is 0 Å². The van der Waals surface area contributed by atoms with E-state index in [2.05, 4.69) is 4.90 Å². The first kappa shape index (κ1) is 11.4. The Balaban J connectivity index is 1.83. The van der Waals surface area contributed by atoms with E-state index in [0.717, 1.165) is 25.9 Å². The van der Waals surface area contributed by atoms with Gasteiger partial charge in [-0.15, -0.1) is 0 Å². The summed E-state index contributed by atoms with van der Waals surface area (Å²) in [6, 6.07) is 1.02. The van der Waals surface area contributed by atoms with Crippen LogP contribution >= 0.6 is 0 Å². The van der Waals surface area contributed by atoms with Gasteiger partial charge in [0.1, 0.15) is 0 Å². The van der Waals surface area contributed by atoms with E-state index in [-0.39, 0.29) is 0 Å². The van der Waals surface area contributed by atoms with Crippen LogP contribution < -0.4 is 5.73 Å². The van der Waals surface area contributed by atoms with Crippen LogP contribution in [0.5, 0.6) is 0 Å². The molecule has 0 radical (unpaired) electrons. The molecule has 1 saturated carbocycles. The summed E-state index contributed by atoms with van der Waals surface area (Å²) in [6.07, 6.45) is 7.44. The molecule has 1 aliphatic heterocycles. The molecule has 3 heteroatoms. The zero-order valence-electron chi connectivity index (χ0n) is 9.57. The third-order valence-corrected chi connectivity index (χ3v) is 4.16. The molecule has 15 heavy (non-hydrogen) atoms. The van der Waals surface area contributed by atoms with Gasteiger partial charge in [-0.2, -0.15) is 0 Å². The maximum Gasteiger partial charge on any atom is 0.0460 e. The first-order chi connectivity index (χ1) is 7.31. The van der Waals surface area contributed by atoms with E-state index < -0.39 is 0 Å². The van der Waals surface area contributed by atoms with Crippen molar-refractivity contribution in [3.63, 3.8) is 0 Å². The molecule has 0 aromatic carbocycles. The van der Waals surface area contributed by atoms with E-state index in [0.29, 0.717) is 24.6 Å². The predicted molar refractivity (Wildman–Crippen MR) is 61.6 cm³/mol. The number of nitrogens with two attached hydrogens (primary N) is 1. The number of aliphatic hydroxyl groups is 1. The van der Waals surface area contributed by atoms with Crippen molar-refractivity contribution in [1.29, 1.82) is 0 Å². The van der Waals surface area contributed by atoms with Crippen molar-refractivity contribution in [2.24, 2.45) is 11.7 Å². The van der Waals surface area contributed by atoms with Crippen molar-refractivity contribution in [1.82, 2.24) is 4.90 Å². The number of hydrogen-bond donors (Lipinski definition) is 2. The SMILES string of the molecule is NC1CCCCC1N1CCC(CO)CC1. The Morgan fingerprint density at radius 3 is 2.33 bits per heavy atom. The van der Waals surface area contributed by atoms with Gasteiger partial charge in [-0.3, -0.25) is 4.90 Å². The molecule has 2 fully saturated rings. The molecule has 0 amide bonds. The maximum absolute atomic E-state index is 9.10. The molecule has 0 bridgehead atoms. The second-order valence-corrected chi connectivity index (χ2v) is 5.18. The minimum absolute atomic E-state index is 0.366. The lowest BCUT2D eigenvalue weighted by atomic mass is 9.87. The van der Waals surface area contributed by atoms with Crippen molar-refractivity contribution < 1.29 is 5.11 Å². The van der Waals surface area contributed by atoms with Gasteiger partial charge in [0, 0.05) is 18.7 Å². The zero-order chi connectivity index (χ0) is 10.7. The molecule has 2 rings (SSSR count). The average Bonchev–Trinajstić information content (AvgIpc) is 2.30. The quantitative estimate of drug-likeness (QED) is 0.717. The molecule has 2 atom stereocenters. The lowest BCUT2D eigenvalue weighted by Crippen LogP contribution is -2.52. The summed E-state index contributed by atoms with van der Waals surface area (Å²) in [7, 11) is 0. The fraction of sp³-hybridized carbons (Fsp3) is 1.00. The Morgan fingerprint density at radius 2 is 1.73 bits per heavy atom. The zero-order valence-corrected chi connectivity index (χ0v) is 9.57. The van der Waals surface area contributed by atoms with Crippen LogP contribution in [-0.2, 0) is 0 Å². The minimum atomic E-state index is 0.366. The van der Waals surface area contributed by atoms with E-state index in [1.54, 1.807) is 0 Å². The Kier molecular flexibility index (Phi) is 4.00. The summed E-state index contributed by atoms with van der Waals surface area (Å²) in [4.78, 5) is 2.57. The standard InChI is InChI=1S/C12H24N2O/c13-11-3-1-2-4-12(11)14-7-5-10(9-15)6-8-14/h10-12,15H,1-9,13H2. The molecule has 1 saturated heterocycles.